The number of rotatable bonds is 4. The van der Waals surface area contributed by atoms with E-state index in [1.807, 2.05) is 11.8 Å². The summed E-state index contributed by atoms with van der Waals surface area (Å²) in [5, 5.41) is 3.14. The summed E-state index contributed by atoms with van der Waals surface area (Å²) in [7, 11) is 0. The molecular weight excluding hydrogens is 320 g/mol. The smallest absolute Gasteiger partial charge is 0.317 e. The number of amides is 2. The molecule has 1 unspecified atom stereocenters. The Morgan fingerprint density at radius 2 is 1.96 bits per heavy atom. The minimum atomic E-state index is 0.0318. The molecule has 5 heteroatoms. The van der Waals surface area contributed by atoms with Crippen LogP contribution in [0, 0.1) is 5.92 Å². The number of carbonyl (C=O) groups is 1. The molecule has 2 atom stereocenters. The van der Waals surface area contributed by atoms with Gasteiger partial charge in [0, 0.05) is 24.6 Å². The molecule has 0 saturated carbocycles. The molecule has 1 aromatic carbocycles. The first kappa shape index (κ1) is 17.6. The van der Waals surface area contributed by atoms with Gasteiger partial charge in [-0.2, -0.15) is 0 Å². The number of urea groups is 1. The summed E-state index contributed by atoms with van der Waals surface area (Å²) >= 11 is 1.73. The summed E-state index contributed by atoms with van der Waals surface area (Å²) in [5.41, 5.74) is 1.15. The van der Waals surface area contributed by atoms with Gasteiger partial charge in [0.05, 0.1) is 12.1 Å². The minimum Gasteiger partial charge on any atom is -0.378 e. The van der Waals surface area contributed by atoms with Gasteiger partial charge >= 0.3 is 6.03 Å². The lowest BCUT2D eigenvalue weighted by molar-refractivity contribution is 0.0371. The highest BCUT2D eigenvalue weighted by Gasteiger charge is 2.31. The van der Waals surface area contributed by atoms with Crippen LogP contribution in [0.15, 0.2) is 29.2 Å². The second-order valence-electron chi connectivity index (χ2n) is 6.82. The highest BCUT2D eigenvalue weighted by Crippen LogP contribution is 2.29. The molecule has 2 aliphatic rings. The molecule has 2 amide bonds. The van der Waals surface area contributed by atoms with E-state index in [-0.39, 0.29) is 12.1 Å². The molecule has 2 saturated heterocycles. The van der Waals surface area contributed by atoms with Gasteiger partial charge in [-0.1, -0.05) is 12.1 Å². The number of likely N-dealkylation sites (tertiary alicyclic amines) is 1. The second kappa shape index (κ2) is 8.26. The molecular formula is C19H28N2O2S. The van der Waals surface area contributed by atoms with E-state index in [9.17, 15) is 4.79 Å². The van der Waals surface area contributed by atoms with E-state index in [0.717, 1.165) is 38.1 Å². The lowest BCUT2D eigenvalue weighted by Crippen LogP contribution is -2.46. The number of piperidine rings is 1. The number of nitrogens with zero attached hydrogens (tertiary/aromatic N) is 1. The SMILES string of the molecule is CSc1ccc([C@@H](C)NC(=O)N2CCC(C3CCCO3)CC2)cc1. The lowest BCUT2D eigenvalue weighted by Gasteiger charge is -2.35. The van der Waals surface area contributed by atoms with Crippen molar-refractivity contribution in [2.24, 2.45) is 5.92 Å². The van der Waals surface area contributed by atoms with Gasteiger partial charge in [-0.3, -0.25) is 0 Å². The third-order valence-electron chi connectivity index (χ3n) is 5.27. The zero-order valence-corrected chi connectivity index (χ0v) is 15.5. The van der Waals surface area contributed by atoms with Crippen molar-refractivity contribution in [2.75, 3.05) is 26.0 Å². The van der Waals surface area contributed by atoms with Crippen LogP contribution in [0.5, 0.6) is 0 Å². The van der Waals surface area contributed by atoms with Gasteiger partial charge in [-0.05, 0) is 62.5 Å². The molecule has 2 heterocycles. The van der Waals surface area contributed by atoms with E-state index in [1.54, 1.807) is 11.8 Å². The summed E-state index contributed by atoms with van der Waals surface area (Å²) in [5.74, 6) is 0.632. The normalized spacial score (nSPS) is 23.2. The molecule has 0 radical (unpaired) electrons. The fourth-order valence-electron chi connectivity index (χ4n) is 3.70. The van der Waals surface area contributed by atoms with Gasteiger partial charge < -0.3 is 15.0 Å². The van der Waals surface area contributed by atoms with Crippen molar-refractivity contribution >= 4 is 17.8 Å². The van der Waals surface area contributed by atoms with Crippen molar-refractivity contribution in [3.8, 4) is 0 Å². The second-order valence-corrected chi connectivity index (χ2v) is 7.70. The molecule has 3 rings (SSSR count). The van der Waals surface area contributed by atoms with Gasteiger partial charge in [0.25, 0.3) is 0 Å². The van der Waals surface area contributed by atoms with Crippen molar-refractivity contribution in [3.63, 3.8) is 0 Å². The molecule has 24 heavy (non-hydrogen) atoms. The summed E-state index contributed by atoms with van der Waals surface area (Å²) in [6.07, 6.45) is 7.02. The van der Waals surface area contributed by atoms with Crippen molar-refractivity contribution in [2.45, 2.75) is 49.6 Å². The Hall–Kier alpha value is -1.20. The maximum absolute atomic E-state index is 12.5. The first-order valence-corrected chi connectivity index (χ1v) is 10.2. The first-order chi connectivity index (χ1) is 11.7. The number of benzene rings is 1. The number of hydrogen-bond acceptors (Lipinski definition) is 3. The minimum absolute atomic E-state index is 0.0318. The summed E-state index contributed by atoms with van der Waals surface area (Å²) in [4.78, 5) is 15.7. The maximum Gasteiger partial charge on any atom is 0.317 e. The van der Waals surface area contributed by atoms with Crippen LogP contribution in [0.2, 0.25) is 0 Å². The fraction of sp³-hybridized carbons (Fsp3) is 0.632. The number of hydrogen-bond donors (Lipinski definition) is 1. The van der Waals surface area contributed by atoms with Gasteiger partial charge in [-0.25, -0.2) is 4.79 Å². The zero-order chi connectivity index (χ0) is 16.9. The lowest BCUT2D eigenvalue weighted by atomic mass is 9.90. The molecule has 2 fully saturated rings. The average Bonchev–Trinajstić information content (AvgIpc) is 3.16. The van der Waals surface area contributed by atoms with Crippen LogP contribution in [-0.2, 0) is 4.74 Å². The van der Waals surface area contributed by atoms with E-state index >= 15 is 0 Å². The molecule has 4 nitrogen and oxygen atoms in total. The van der Waals surface area contributed by atoms with Crippen molar-refractivity contribution < 1.29 is 9.53 Å². The Morgan fingerprint density at radius 3 is 2.54 bits per heavy atom. The van der Waals surface area contributed by atoms with E-state index < -0.39 is 0 Å². The molecule has 132 valence electrons. The zero-order valence-electron chi connectivity index (χ0n) is 14.7. The Bertz CT molecular complexity index is 535. The quantitative estimate of drug-likeness (QED) is 0.834. The van der Waals surface area contributed by atoms with Gasteiger partial charge in [-0.15, -0.1) is 11.8 Å². The van der Waals surface area contributed by atoms with Crippen LogP contribution in [0.25, 0.3) is 0 Å². The van der Waals surface area contributed by atoms with Crippen molar-refractivity contribution in [1.82, 2.24) is 10.2 Å². The predicted octanol–water partition coefficient (Wildman–Crippen LogP) is 4.07. The maximum atomic E-state index is 12.5. The van der Waals surface area contributed by atoms with Gasteiger partial charge in [0.15, 0.2) is 0 Å². The Kier molecular flexibility index (Phi) is 6.06. The van der Waals surface area contributed by atoms with Gasteiger partial charge in [0.2, 0.25) is 0 Å². The predicted molar refractivity (Wildman–Crippen MR) is 98.4 cm³/mol. The molecule has 2 aliphatic heterocycles. The fourth-order valence-corrected chi connectivity index (χ4v) is 4.11. The van der Waals surface area contributed by atoms with Gasteiger partial charge in [0.1, 0.15) is 0 Å². The Labute approximate surface area is 149 Å². The molecule has 0 aromatic heterocycles. The summed E-state index contributed by atoms with van der Waals surface area (Å²) < 4.78 is 5.81. The molecule has 1 aromatic rings. The third kappa shape index (κ3) is 4.25. The van der Waals surface area contributed by atoms with Crippen LogP contribution in [0.3, 0.4) is 0 Å². The molecule has 0 spiro atoms. The Balaban J connectivity index is 1.47. The number of thioether (sulfide) groups is 1. The summed E-state index contributed by atoms with van der Waals surface area (Å²) in [6, 6.07) is 8.50. The first-order valence-electron chi connectivity index (χ1n) is 8.98. The van der Waals surface area contributed by atoms with E-state index in [4.69, 9.17) is 4.74 Å². The van der Waals surface area contributed by atoms with E-state index in [0.29, 0.717) is 12.0 Å². The highest BCUT2D eigenvalue weighted by atomic mass is 32.2. The van der Waals surface area contributed by atoms with E-state index in [1.165, 1.54) is 17.7 Å². The number of nitrogens with one attached hydrogen (secondary N) is 1. The van der Waals surface area contributed by atoms with Crippen LogP contribution in [-0.4, -0.2) is 43.0 Å². The monoisotopic (exact) mass is 348 g/mol. The van der Waals surface area contributed by atoms with E-state index in [2.05, 4.69) is 35.8 Å². The van der Waals surface area contributed by atoms with Crippen LogP contribution in [0.4, 0.5) is 4.79 Å². The average molecular weight is 349 g/mol. The van der Waals surface area contributed by atoms with Crippen LogP contribution >= 0.6 is 11.8 Å². The molecule has 0 aliphatic carbocycles. The molecule has 1 N–H and O–H groups in total. The van der Waals surface area contributed by atoms with Crippen LogP contribution < -0.4 is 5.32 Å². The largest absolute Gasteiger partial charge is 0.378 e. The number of ether oxygens (including phenoxy) is 1. The highest BCUT2D eigenvalue weighted by molar-refractivity contribution is 7.98. The van der Waals surface area contributed by atoms with Crippen molar-refractivity contribution in [1.29, 1.82) is 0 Å². The molecule has 0 bridgehead atoms. The Morgan fingerprint density at radius 1 is 1.25 bits per heavy atom. The summed E-state index contributed by atoms with van der Waals surface area (Å²) in [6.45, 7) is 4.65. The topological polar surface area (TPSA) is 41.6 Å². The van der Waals surface area contributed by atoms with Crippen LogP contribution in [0.1, 0.15) is 44.2 Å². The van der Waals surface area contributed by atoms with Crippen molar-refractivity contribution in [3.05, 3.63) is 29.8 Å². The standard InChI is InChI=1S/C19H28N2O2S/c1-14(15-5-7-17(24-2)8-6-15)20-19(22)21-11-9-16(10-12-21)18-4-3-13-23-18/h5-8,14,16,18H,3-4,9-13H2,1-2H3,(H,20,22)/t14-,18?/m1/s1. The third-order valence-corrected chi connectivity index (χ3v) is 6.02. The number of carbonyl (C=O) groups excluding carboxylic acids is 1.